The maximum Gasteiger partial charge on any atom is 0.330 e. The van der Waals surface area contributed by atoms with Crippen LogP contribution in [0.25, 0.3) is 0 Å². The second-order valence-corrected chi connectivity index (χ2v) is 7.45. The van der Waals surface area contributed by atoms with Gasteiger partial charge in [-0.3, -0.25) is 0 Å². The Kier molecular flexibility index (Phi) is 10.3. The predicted molar refractivity (Wildman–Crippen MR) is 95.5 cm³/mol. The van der Waals surface area contributed by atoms with E-state index in [4.69, 9.17) is 9.47 Å². The zero-order chi connectivity index (χ0) is 17.0. The summed E-state index contributed by atoms with van der Waals surface area (Å²) in [5.41, 5.74) is 1.03. The number of hydrogen-bond acceptors (Lipinski definition) is 3. The van der Waals surface area contributed by atoms with Crippen LogP contribution in [-0.4, -0.2) is 24.8 Å². The number of cyclic esters (lactones) is 1. The molecule has 0 amide bonds. The van der Waals surface area contributed by atoms with Gasteiger partial charge in [0, 0.05) is 12.7 Å². The number of esters is 1. The van der Waals surface area contributed by atoms with E-state index in [-0.39, 0.29) is 11.6 Å². The van der Waals surface area contributed by atoms with Crippen molar-refractivity contribution in [2.75, 3.05) is 13.2 Å². The summed E-state index contributed by atoms with van der Waals surface area (Å²) in [7, 11) is 0. The fourth-order valence-electron chi connectivity index (χ4n) is 2.97. The molecule has 0 spiro atoms. The summed E-state index contributed by atoms with van der Waals surface area (Å²) >= 11 is 0. The maximum atomic E-state index is 11.7. The van der Waals surface area contributed by atoms with Crippen molar-refractivity contribution in [1.29, 1.82) is 0 Å². The number of allylic oxidation sites excluding steroid dienone is 1. The van der Waals surface area contributed by atoms with E-state index >= 15 is 0 Å². The molecular formula is C20H36O3. The van der Waals surface area contributed by atoms with E-state index in [9.17, 15) is 4.79 Å². The van der Waals surface area contributed by atoms with Gasteiger partial charge in [0.2, 0.25) is 0 Å². The Morgan fingerprint density at radius 3 is 2.09 bits per heavy atom. The number of rotatable bonds is 0. The van der Waals surface area contributed by atoms with E-state index < -0.39 is 0 Å². The topological polar surface area (TPSA) is 35.5 Å². The molecule has 1 heterocycles. The number of ether oxygens (including phenoxy) is 2. The molecule has 0 aromatic rings. The summed E-state index contributed by atoms with van der Waals surface area (Å²) in [5.74, 6) is -0.184. The first-order chi connectivity index (χ1) is 11.0. The molecule has 3 nitrogen and oxygen atoms in total. The molecule has 0 bridgehead atoms. The van der Waals surface area contributed by atoms with Gasteiger partial charge in [-0.05, 0) is 52.9 Å². The fraction of sp³-hybridized carbons (Fsp3) is 0.850. The fourth-order valence-corrected chi connectivity index (χ4v) is 2.97. The first kappa shape index (κ1) is 20.2. The van der Waals surface area contributed by atoms with Crippen LogP contribution < -0.4 is 0 Å². The highest BCUT2D eigenvalue weighted by molar-refractivity contribution is 5.82. The maximum absolute atomic E-state index is 11.7. The van der Waals surface area contributed by atoms with E-state index in [0.717, 1.165) is 44.3 Å². The van der Waals surface area contributed by atoms with Crippen molar-refractivity contribution >= 4 is 5.97 Å². The van der Waals surface area contributed by atoms with Crippen LogP contribution in [0, 0.1) is 0 Å². The minimum Gasteiger partial charge on any atom is -0.463 e. The van der Waals surface area contributed by atoms with Gasteiger partial charge >= 0.3 is 5.97 Å². The lowest BCUT2D eigenvalue weighted by Crippen LogP contribution is -2.24. The Labute approximate surface area is 142 Å². The van der Waals surface area contributed by atoms with Gasteiger partial charge in [0.05, 0.1) is 12.2 Å². The Morgan fingerprint density at radius 1 is 0.870 bits per heavy atom. The molecule has 0 atom stereocenters. The summed E-state index contributed by atoms with van der Waals surface area (Å²) in [5, 5.41) is 0. The second-order valence-electron chi connectivity index (χ2n) is 7.45. The number of hydrogen-bond donors (Lipinski definition) is 0. The van der Waals surface area contributed by atoms with Gasteiger partial charge < -0.3 is 9.47 Å². The highest BCUT2D eigenvalue weighted by atomic mass is 16.5. The van der Waals surface area contributed by atoms with Gasteiger partial charge in [-0.15, -0.1) is 0 Å². The first-order valence-electron chi connectivity index (χ1n) is 9.47. The Balaban J connectivity index is 2.43. The highest BCUT2D eigenvalue weighted by Crippen LogP contribution is 2.21. The normalized spacial score (nSPS) is 26.0. The number of carbonyl (C=O) groups is 1. The first-order valence-corrected chi connectivity index (χ1v) is 9.47. The average molecular weight is 325 g/mol. The predicted octanol–water partition coefficient (Wildman–Crippen LogP) is 5.58. The third kappa shape index (κ3) is 11.4. The summed E-state index contributed by atoms with van der Waals surface area (Å²) in [4.78, 5) is 11.7. The molecule has 0 aromatic carbocycles. The molecule has 1 aliphatic rings. The third-order valence-electron chi connectivity index (χ3n) is 4.49. The second kappa shape index (κ2) is 11.7. The SMILES string of the molecule is C/C1=C/C(=O)OCCCCCCCCCCOC(C)(C)CCC1. The van der Waals surface area contributed by atoms with Gasteiger partial charge in [0.1, 0.15) is 0 Å². The zero-order valence-corrected chi connectivity index (χ0v) is 15.5. The Morgan fingerprint density at radius 2 is 1.43 bits per heavy atom. The highest BCUT2D eigenvalue weighted by Gasteiger charge is 2.17. The largest absolute Gasteiger partial charge is 0.463 e. The monoisotopic (exact) mass is 324 g/mol. The molecule has 0 aliphatic carbocycles. The van der Waals surface area contributed by atoms with Crippen LogP contribution in [0.2, 0.25) is 0 Å². The molecule has 1 rings (SSSR count). The molecule has 134 valence electrons. The van der Waals surface area contributed by atoms with E-state index in [1.165, 1.54) is 38.5 Å². The molecular weight excluding hydrogens is 288 g/mol. The van der Waals surface area contributed by atoms with Crippen LogP contribution in [0.3, 0.4) is 0 Å². The minimum atomic E-state index is -0.184. The summed E-state index contributed by atoms with van der Waals surface area (Å²) in [6, 6.07) is 0. The zero-order valence-electron chi connectivity index (χ0n) is 15.5. The lowest BCUT2D eigenvalue weighted by Gasteiger charge is -2.25. The van der Waals surface area contributed by atoms with Crippen LogP contribution in [0.4, 0.5) is 0 Å². The molecule has 0 fully saturated rings. The van der Waals surface area contributed by atoms with Crippen molar-refractivity contribution in [3.8, 4) is 0 Å². The van der Waals surface area contributed by atoms with Crippen molar-refractivity contribution in [3.05, 3.63) is 11.6 Å². The van der Waals surface area contributed by atoms with Gasteiger partial charge in [0.25, 0.3) is 0 Å². The summed E-state index contributed by atoms with van der Waals surface area (Å²) in [6.45, 7) is 7.78. The van der Waals surface area contributed by atoms with E-state index in [0.29, 0.717) is 6.61 Å². The molecule has 0 saturated carbocycles. The lowest BCUT2D eigenvalue weighted by molar-refractivity contribution is -0.137. The summed E-state index contributed by atoms with van der Waals surface area (Å²) in [6.07, 6.45) is 14.4. The van der Waals surface area contributed by atoms with Crippen molar-refractivity contribution in [3.63, 3.8) is 0 Å². The van der Waals surface area contributed by atoms with E-state index in [1.807, 2.05) is 6.92 Å². The van der Waals surface area contributed by atoms with Crippen molar-refractivity contribution < 1.29 is 14.3 Å². The lowest BCUT2D eigenvalue weighted by atomic mass is 9.99. The van der Waals surface area contributed by atoms with Gasteiger partial charge in [0.15, 0.2) is 0 Å². The Hall–Kier alpha value is -0.830. The molecule has 0 N–H and O–H groups in total. The van der Waals surface area contributed by atoms with Crippen LogP contribution in [-0.2, 0) is 14.3 Å². The smallest absolute Gasteiger partial charge is 0.330 e. The van der Waals surface area contributed by atoms with Crippen molar-refractivity contribution in [1.82, 2.24) is 0 Å². The molecule has 0 unspecified atom stereocenters. The average Bonchev–Trinajstić information content (AvgIpc) is 2.47. The molecule has 0 radical (unpaired) electrons. The Bertz CT molecular complexity index is 358. The molecule has 1 aliphatic heterocycles. The van der Waals surface area contributed by atoms with Crippen molar-refractivity contribution in [2.24, 2.45) is 0 Å². The molecule has 23 heavy (non-hydrogen) atoms. The quantitative estimate of drug-likeness (QED) is 0.546. The molecule has 3 heteroatoms. The van der Waals surface area contributed by atoms with Gasteiger partial charge in [-0.2, -0.15) is 0 Å². The van der Waals surface area contributed by atoms with Crippen LogP contribution in [0.1, 0.15) is 91.4 Å². The van der Waals surface area contributed by atoms with Crippen LogP contribution in [0.15, 0.2) is 11.6 Å². The molecule has 0 saturated heterocycles. The standard InChI is InChI=1S/C20H36O3/c1-18-13-12-14-20(2,3)23-16-11-9-7-5-4-6-8-10-15-22-19(21)17-18/h17H,4-16H2,1-3H3/b18-17-. The van der Waals surface area contributed by atoms with E-state index in [2.05, 4.69) is 13.8 Å². The number of carbonyl (C=O) groups excluding carboxylic acids is 1. The minimum absolute atomic E-state index is 0.0658. The third-order valence-corrected chi connectivity index (χ3v) is 4.49. The molecule has 0 aromatic heterocycles. The van der Waals surface area contributed by atoms with E-state index in [1.54, 1.807) is 6.08 Å². The van der Waals surface area contributed by atoms with Gasteiger partial charge in [-0.1, -0.05) is 44.1 Å². The van der Waals surface area contributed by atoms with Crippen molar-refractivity contribution in [2.45, 2.75) is 97.0 Å². The van der Waals surface area contributed by atoms with Crippen LogP contribution >= 0.6 is 0 Å². The summed E-state index contributed by atoms with van der Waals surface area (Å²) < 4.78 is 11.3. The van der Waals surface area contributed by atoms with Gasteiger partial charge in [-0.25, -0.2) is 4.79 Å². The van der Waals surface area contributed by atoms with Crippen LogP contribution in [0.5, 0.6) is 0 Å².